The maximum absolute atomic E-state index is 13.8. The van der Waals surface area contributed by atoms with E-state index in [1.165, 1.54) is 24.3 Å². The lowest BCUT2D eigenvalue weighted by Gasteiger charge is -2.40. The third-order valence-corrected chi connectivity index (χ3v) is 7.73. The fourth-order valence-corrected chi connectivity index (χ4v) is 4.95. The molecule has 1 aliphatic rings. The van der Waals surface area contributed by atoms with Gasteiger partial charge in [-0.3, -0.25) is 9.59 Å². The summed E-state index contributed by atoms with van der Waals surface area (Å²) in [5.74, 6) is -3.73. The van der Waals surface area contributed by atoms with E-state index >= 15 is 0 Å². The maximum atomic E-state index is 13.8. The van der Waals surface area contributed by atoms with Crippen molar-refractivity contribution >= 4 is 68.6 Å². The Morgan fingerprint density at radius 1 is 1.03 bits per heavy atom. The summed E-state index contributed by atoms with van der Waals surface area (Å²) in [6.45, 7) is -1.53. The summed E-state index contributed by atoms with van der Waals surface area (Å²) in [6.07, 6.45) is -6.33. The number of allylic oxidation sites excluding steroid dienone is 1. The van der Waals surface area contributed by atoms with Crippen LogP contribution < -0.4 is 10.6 Å². The molecule has 1 fully saturated rings. The van der Waals surface area contributed by atoms with Gasteiger partial charge in [0.05, 0.1) is 26.5 Å². The Labute approximate surface area is 236 Å². The van der Waals surface area contributed by atoms with Crippen LogP contribution in [0.25, 0.3) is 6.08 Å². The van der Waals surface area contributed by atoms with Gasteiger partial charge in [-0.15, -0.1) is 0 Å². The molecule has 0 radical (unpaired) electrons. The van der Waals surface area contributed by atoms with Crippen molar-refractivity contribution in [2.24, 2.45) is 0 Å². The van der Waals surface area contributed by atoms with Crippen LogP contribution in [0.1, 0.15) is 46.7 Å². The van der Waals surface area contributed by atoms with Crippen LogP contribution in [0.4, 0.5) is 26.3 Å². The van der Waals surface area contributed by atoms with Crippen molar-refractivity contribution in [2.75, 3.05) is 6.54 Å². The first-order valence-corrected chi connectivity index (χ1v) is 12.8. The lowest BCUT2D eigenvalue weighted by atomic mass is 9.75. The van der Waals surface area contributed by atoms with Gasteiger partial charge in [-0.2, -0.15) is 26.3 Å². The van der Waals surface area contributed by atoms with E-state index in [-0.39, 0.29) is 43.5 Å². The second-order valence-electron chi connectivity index (χ2n) is 8.60. The molecule has 2 N–H and O–H groups in total. The first-order valence-electron chi connectivity index (χ1n) is 10.9. The maximum Gasteiger partial charge on any atom is 0.405 e. The normalized spacial score (nSPS) is 16.2. The number of carbonyl (C=O) groups excluding carboxylic acids is 2. The topological polar surface area (TPSA) is 58.2 Å². The molecule has 2 aromatic rings. The third kappa shape index (κ3) is 7.37. The number of halogens is 10. The molecule has 0 aliphatic heterocycles. The number of benzene rings is 2. The van der Waals surface area contributed by atoms with Crippen LogP contribution in [-0.4, -0.2) is 36.3 Å². The van der Waals surface area contributed by atoms with Crippen LogP contribution >= 0.6 is 50.7 Å². The molecule has 0 aromatic heterocycles. The Morgan fingerprint density at radius 3 is 2.11 bits per heavy atom. The summed E-state index contributed by atoms with van der Waals surface area (Å²) in [5, 5.41) is 3.96. The largest absolute Gasteiger partial charge is 0.405 e. The minimum absolute atomic E-state index is 0.0423. The highest BCUT2D eigenvalue weighted by Crippen LogP contribution is 2.41. The predicted molar refractivity (Wildman–Crippen MR) is 137 cm³/mol. The van der Waals surface area contributed by atoms with Crippen molar-refractivity contribution < 1.29 is 35.9 Å². The average molecular weight is 667 g/mol. The minimum atomic E-state index is -4.68. The molecule has 38 heavy (non-hydrogen) atoms. The minimum Gasteiger partial charge on any atom is -0.345 e. The molecule has 2 amide bonds. The molecule has 1 atom stereocenters. The molecule has 1 unspecified atom stereocenters. The van der Waals surface area contributed by atoms with E-state index in [2.05, 4.69) is 21.2 Å². The van der Waals surface area contributed by atoms with Gasteiger partial charge in [-0.1, -0.05) is 53.0 Å². The van der Waals surface area contributed by atoms with E-state index in [4.69, 9.17) is 34.8 Å². The number of rotatable bonds is 7. The first kappa shape index (κ1) is 30.6. The van der Waals surface area contributed by atoms with E-state index in [0.29, 0.717) is 12.0 Å². The monoisotopic (exact) mass is 664 g/mol. The zero-order valence-corrected chi connectivity index (χ0v) is 22.9. The van der Waals surface area contributed by atoms with Crippen molar-refractivity contribution in [3.05, 3.63) is 72.6 Å². The Morgan fingerprint density at radius 2 is 1.63 bits per heavy atom. The van der Waals surface area contributed by atoms with Crippen LogP contribution in [-0.2, 0) is 4.79 Å². The summed E-state index contributed by atoms with van der Waals surface area (Å²) in [7, 11) is 0. The first-order chi connectivity index (χ1) is 17.5. The molecule has 4 nitrogen and oxygen atoms in total. The SMILES string of the molecule is O=C(NC1(C(=O)NCC(F)(F)F)CCC1)c1ccc(/C=C/C(c2cc(Cl)c(Cl)c(Cl)c2)C(F)(F)F)cc1Br. The van der Waals surface area contributed by atoms with Crippen LogP contribution in [0.5, 0.6) is 0 Å². The van der Waals surface area contributed by atoms with E-state index in [0.717, 1.165) is 18.2 Å². The fraction of sp³-hybridized carbons (Fsp3) is 0.333. The van der Waals surface area contributed by atoms with Crippen molar-refractivity contribution in [1.29, 1.82) is 0 Å². The van der Waals surface area contributed by atoms with Crippen LogP contribution in [0.15, 0.2) is 40.9 Å². The molecule has 206 valence electrons. The number of nitrogens with one attached hydrogen (secondary N) is 2. The van der Waals surface area contributed by atoms with Gasteiger partial charge < -0.3 is 10.6 Å². The summed E-state index contributed by atoms with van der Waals surface area (Å²) in [6, 6.07) is 6.23. The lowest BCUT2D eigenvalue weighted by Crippen LogP contribution is -2.63. The summed E-state index contributed by atoms with van der Waals surface area (Å²) in [4.78, 5) is 25.2. The Hall–Kier alpha value is -1.95. The second-order valence-corrected chi connectivity index (χ2v) is 10.7. The van der Waals surface area contributed by atoms with Gasteiger partial charge in [0.1, 0.15) is 12.1 Å². The van der Waals surface area contributed by atoms with Gasteiger partial charge >= 0.3 is 12.4 Å². The van der Waals surface area contributed by atoms with Gasteiger partial charge in [0.15, 0.2) is 0 Å². The molecule has 0 spiro atoms. The van der Waals surface area contributed by atoms with Crippen molar-refractivity contribution in [1.82, 2.24) is 10.6 Å². The third-order valence-electron chi connectivity index (χ3n) is 5.88. The number of amides is 2. The highest BCUT2D eigenvalue weighted by molar-refractivity contribution is 9.10. The second kappa shape index (κ2) is 11.7. The highest BCUT2D eigenvalue weighted by Gasteiger charge is 2.46. The van der Waals surface area contributed by atoms with E-state index in [1.54, 1.807) is 5.32 Å². The van der Waals surface area contributed by atoms with Gasteiger partial charge in [0.2, 0.25) is 5.91 Å². The summed E-state index contributed by atoms with van der Waals surface area (Å²) in [5.41, 5.74) is -1.35. The zero-order chi connectivity index (χ0) is 28.5. The molecule has 14 heteroatoms. The lowest BCUT2D eigenvalue weighted by molar-refractivity contribution is -0.144. The van der Waals surface area contributed by atoms with Crippen molar-refractivity contribution in [3.63, 3.8) is 0 Å². The average Bonchev–Trinajstić information content (AvgIpc) is 2.76. The van der Waals surface area contributed by atoms with Crippen LogP contribution in [0.2, 0.25) is 15.1 Å². The number of alkyl halides is 6. The Balaban J connectivity index is 1.78. The number of carbonyl (C=O) groups is 2. The quantitative estimate of drug-likeness (QED) is 0.232. The standard InChI is InChI=1S/C24H18BrCl3F6N2O2/c25-16-8-12(3-5-15(24(32,33)34)13-9-17(26)19(28)18(27)10-13)2-4-14(16)20(37)36-22(6-1-7-22)21(38)35-11-23(29,30)31/h2-5,8-10,15H,1,6-7,11H2,(H,35,38)(H,36,37)/b5-3+. The van der Waals surface area contributed by atoms with Crippen LogP contribution in [0, 0.1) is 0 Å². The molecule has 0 bridgehead atoms. The molecule has 3 rings (SSSR count). The fourth-order valence-electron chi connectivity index (χ4n) is 3.76. The van der Waals surface area contributed by atoms with Crippen molar-refractivity contribution in [2.45, 2.75) is 43.1 Å². The van der Waals surface area contributed by atoms with Gasteiger partial charge in [-0.25, -0.2) is 0 Å². The smallest absolute Gasteiger partial charge is 0.345 e. The molecule has 0 saturated heterocycles. The van der Waals surface area contributed by atoms with E-state index in [1.807, 2.05) is 0 Å². The molecule has 1 saturated carbocycles. The molecular formula is C24H18BrCl3F6N2O2. The Kier molecular flexibility index (Phi) is 9.38. The summed E-state index contributed by atoms with van der Waals surface area (Å²) >= 11 is 20.8. The predicted octanol–water partition coefficient (Wildman–Crippen LogP) is 8.10. The van der Waals surface area contributed by atoms with Crippen molar-refractivity contribution in [3.8, 4) is 0 Å². The van der Waals surface area contributed by atoms with Gasteiger partial charge in [0.25, 0.3) is 5.91 Å². The van der Waals surface area contributed by atoms with E-state index in [9.17, 15) is 35.9 Å². The van der Waals surface area contributed by atoms with E-state index < -0.39 is 42.2 Å². The summed E-state index contributed by atoms with van der Waals surface area (Å²) < 4.78 is 79.0. The Bertz CT molecular complexity index is 1240. The highest BCUT2D eigenvalue weighted by atomic mass is 79.9. The molecular weight excluding hydrogens is 649 g/mol. The number of hydrogen-bond acceptors (Lipinski definition) is 2. The molecule has 2 aromatic carbocycles. The van der Waals surface area contributed by atoms with Gasteiger partial charge in [-0.05, 0) is 70.6 Å². The number of hydrogen-bond donors (Lipinski definition) is 2. The zero-order valence-electron chi connectivity index (χ0n) is 19.0. The van der Waals surface area contributed by atoms with Gasteiger partial charge in [0, 0.05) is 4.47 Å². The molecule has 0 heterocycles. The van der Waals surface area contributed by atoms with Crippen LogP contribution in [0.3, 0.4) is 0 Å². The molecule has 1 aliphatic carbocycles.